The fourth-order valence-corrected chi connectivity index (χ4v) is 2.69. The van der Waals surface area contributed by atoms with E-state index < -0.39 is 0 Å². The third-order valence-electron chi connectivity index (χ3n) is 2.38. The maximum Gasteiger partial charge on any atom is 0.194 e. The molecule has 0 aliphatic carbocycles. The molecule has 0 bridgehead atoms. The Bertz CT molecular complexity index is 595. The molecular formula is C11H9N3S. The van der Waals surface area contributed by atoms with Gasteiger partial charge in [-0.25, -0.2) is 4.98 Å². The molecule has 0 aromatic carbocycles. The van der Waals surface area contributed by atoms with Crippen LogP contribution in [0, 0.1) is 6.92 Å². The quantitative estimate of drug-likeness (QED) is 0.624. The third-order valence-corrected chi connectivity index (χ3v) is 3.36. The zero-order valence-corrected chi connectivity index (χ0v) is 9.03. The molecular weight excluding hydrogens is 206 g/mol. The third kappa shape index (κ3) is 1.26. The van der Waals surface area contributed by atoms with E-state index in [1.807, 2.05) is 36.9 Å². The first-order chi connectivity index (χ1) is 7.36. The predicted octanol–water partition coefficient (Wildman–Crippen LogP) is 2.77. The molecule has 0 atom stereocenters. The van der Waals surface area contributed by atoms with Crippen molar-refractivity contribution in [3.8, 4) is 11.3 Å². The van der Waals surface area contributed by atoms with Crippen molar-refractivity contribution in [2.45, 2.75) is 6.92 Å². The van der Waals surface area contributed by atoms with E-state index in [0.29, 0.717) is 0 Å². The van der Waals surface area contributed by atoms with Crippen molar-refractivity contribution < 1.29 is 0 Å². The Kier molecular flexibility index (Phi) is 1.82. The Hall–Kier alpha value is -1.68. The van der Waals surface area contributed by atoms with Crippen LogP contribution in [0.4, 0.5) is 0 Å². The van der Waals surface area contributed by atoms with Gasteiger partial charge >= 0.3 is 0 Å². The molecule has 0 spiro atoms. The van der Waals surface area contributed by atoms with Gasteiger partial charge in [-0.1, -0.05) is 0 Å². The zero-order chi connectivity index (χ0) is 10.3. The minimum Gasteiger partial charge on any atom is -0.290 e. The molecule has 0 amide bonds. The lowest BCUT2D eigenvalue weighted by atomic mass is 10.2. The molecule has 0 saturated carbocycles. The summed E-state index contributed by atoms with van der Waals surface area (Å²) in [7, 11) is 0. The average Bonchev–Trinajstić information content (AvgIpc) is 2.78. The van der Waals surface area contributed by atoms with Gasteiger partial charge in [0.05, 0.1) is 5.69 Å². The van der Waals surface area contributed by atoms with E-state index in [0.717, 1.165) is 4.96 Å². The van der Waals surface area contributed by atoms with E-state index >= 15 is 0 Å². The number of imidazole rings is 1. The summed E-state index contributed by atoms with van der Waals surface area (Å²) in [4.78, 5) is 10.6. The number of hydrogen-bond donors (Lipinski definition) is 0. The number of rotatable bonds is 1. The largest absolute Gasteiger partial charge is 0.290 e. The highest BCUT2D eigenvalue weighted by Gasteiger charge is 2.10. The lowest BCUT2D eigenvalue weighted by molar-refractivity contribution is 1.21. The maximum absolute atomic E-state index is 4.29. The number of pyridine rings is 1. The summed E-state index contributed by atoms with van der Waals surface area (Å²) < 4.78 is 2.12. The molecule has 0 aliphatic heterocycles. The number of hydrogen-bond acceptors (Lipinski definition) is 3. The van der Waals surface area contributed by atoms with Crippen LogP contribution in [0.15, 0.2) is 36.9 Å². The van der Waals surface area contributed by atoms with Crippen molar-refractivity contribution in [2.24, 2.45) is 0 Å². The first kappa shape index (κ1) is 8.61. The second-order valence-electron chi connectivity index (χ2n) is 3.32. The first-order valence-electron chi connectivity index (χ1n) is 4.69. The topological polar surface area (TPSA) is 30.2 Å². The van der Waals surface area contributed by atoms with E-state index in [2.05, 4.69) is 21.3 Å². The Morgan fingerprint density at radius 2 is 2.00 bits per heavy atom. The zero-order valence-electron chi connectivity index (χ0n) is 8.21. The fourth-order valence-electron chi connectivity index (χ4n) is 1.74. The van der Waals surface area contributed by atoms with Crippen LogP contribution in [0.1, 0.15) is 4.88 Å². The summed E-state index contributed by atoms with van der Waals surface area (Å²) in [5.74, 6) is 0. The molecule has 0 saturated heterocycles. The van der Waals surface area contributed by atoms with Gasteiger partial charge in [-0.05, 0) is 19.1 Å². The smallest absolute Gasteiger partial charge is 0.194 e. The van der Waals surface area contributed by atoms with Crippen LogP contribution in [-0.4, -0.2) is 14.4 Å². The Balaban J connectivity index is 2.34. The average molecular weight is 215 g/mol. The molecule has 3 aromatic heterocycles. The summed E-state index contributed by atoms with van der Waals surface area (Å²) in [5, 5.41) is 0. The monoisotopic (exact) mass is 215 g/mol. The SMILES string of the molecule is Cc1sc2nccn2c1-c1ccncc1. The maximum atomic E-state index is 4.29. The highest BCUT2D eigenvalue weighted by atomic mass is 32.1. The van der Waals surface area contributed by atoms with Gasteiger partial charge in [-0.15, -0.1) is 11.3 Å². The molecule has 15 heavy (non-hydrogen) atoms. The van der Waals surface area contributed by atoms with Crippen molar-refractivity contribution in [3.63, 3.8) is 0 Å². The van der Waals surface area contributed by atoms with Gasteiger partial charge < -0.3 is 0 Å². The van der Waals surface area contributed by atoms with Crippen LogP contribution in [0.5, 0.6) is 0 Å². The molecule has 3 heterocycles. The van der Waals surface area contributed by atoms with Crippen molar-refractivity contribution in [1.82, 2.24) is 14.4 Å². The number of nitrogens with zero attached hydrogens (tertiary/aromatic N) is 3. The summed E-state index contributed by atoms with van der Waals surface area (Å²) in [6.07, 6.45) is 7.45. The summed E-state index contributed by atoms with van der Waals surface area (Å²) in [5.41, 5.74) is 2.40. The molecule has 3 nitrogen and oxygen atoms in total. The second-order valence-corrected chi connectivity index (χ2v) is 4.50. The van der Waals surface area contributed by atoms with Crippen LogP contribution in [0.25, 0.3) is 16.2 Å². The number of thiazole rings is 1. The molecule has 3 rings (SSSR count). The van der Waals surface area contributed by atoms with Crippen molar-refractivity contribution >= 4 is 16.3 Å². The summed E-state index contributed by atoms with van der Waals surface area (Å²) >= 11 is 1.71. The van der Waals surface area contributed by atoms with E-state index in [9.17, 15) is 0 Å². The lowest BCUT2D eigenvalue weighted by Crippen LogP contribution is -1.85. The lowest BCUT2D eigenvalue weighted by Gasteiger charge is -2.00. The van der Waals surface area contributed by atoms with Crippen LogP contribution in [0.3, 0.4) is 0 Å². The minimum absolute atomic E-state index is 1.04. The van der Waals surface area contributed by atoms with Crippen LogP contribution in [0.2, 0.25) is 0 Å². The molecule has 0 radical (unpaired) electrons. The fraction of sp³-hybridized carbons (Fsp3) is 0.0909. The predicted molar refractivity (Wildman–Crippen MR) is 61.0 cm³/mol. The van der Waals surface area contributed by atoms with E-state index in [1.54, 1.807) is 11.3 Å². The Labute approximate surface area is 91.1 Å². The number of aryl methyl sites for hydroxylation is 1. The van der Waals surface area contributed by atoms with Gasteiger partial charge in [0.1, 0.15) is 0 Å². The first-order valence-corrected chi connectivity index (χ1v) is 5.51. The molecule has 0 unspecified atom stereocenters. The Morgan fingerprint density at radius 1 is 1.20 bits per heavy atom. The van der Waals surface area contributed by atoms with Crippen molar-refractivity contribution in [2.75, 3.05) is 0 Å². The molecule has 0 aliphatic rings. The van der Waals surface area contributed by atoms with Crippen LogP contribution >= 0.6 is 11.3 Å². The highest BCUT2D eigenvalue weighted by molar-refractivity contribution is 7.17. The summed E-state index contributed by atoms with van der Waals surface area (Å²) in [6, 6.07) is 4.04. The molecule has 0 fully saturated rings. The van der Waals surface area contributed by atoms with Gasteiger partial charge in [0.2, 0.25) is 0 Å². The number of aromatic nitrogens is 3. The van der Waals surface area contributed by atoms with Crippen molar-refractivity contribution in [3.05, 3.63) is 41.8 Å². The van der Waals surface area contributed by atoms with E-state index in [4.69, 9.17) is 0 Å². The standard InChI is InChI=1S/C11H9N3S/c1-8-10(9-2-4-12-5-3-9)14-7-6-13-11(14)15-8/h2-7H,1H3. The number of fused-ring (bicyclic) bond motifs is 1. The Morgan fingerprint density at radius 3 is 2.80 bits per heavy atom. The van der Waals surface area contributed by atoms with Gasteiger partial charge in [0.15, 0.2) is 4.96 Å². The normalized spacial score (nSPS) is 11.0. The van der Waals surface area contributed by atoms with Crippen LogP contribution in [-0.2, 0) is 0 Å². The molecule has 4 heteroatoms. The van der Waals surface area contributed by atoms with Gasteiger partial charge in [0.25, 0.3) is 0 Å². The van der Waals surface area contributed by atoms with Gasteiger partial charge in [-0.2, -0.15) is 0 Å². The molecule has 0 N–H and O–H groups in total. The molecule has 3 aromatic rings. The minimum atomic E-state index is 1.04. The van der Waals surface area contributed by atoms with E-state index in [1.165, 1.54) is 16.1 Å². The van der Waals surface area contributed by atoms with E-state index in [-0.39, 0.29) is 0 Å². The molecule has 74 valence electrons. The summed E-state index contributed by atoms with van der Waals surface area (Å²) in [6.45, 7) is 2.12. The van der Waals surface area contributed by atoms with Gasteiger partial charge in [-0.3, -0.25) is 9.38 Å². The highest BCUT2D eigenvalue weighted by Crippen LogP contribution is 2.29. The van der Waals surface area contributed by atoms with Crippen molar-refractivity contribution in [1.29, 1.82) is 0 Å². The second kappa shape index (κ2) is 3.17. The van der Waals surface area contributed by atoms with Gasteiger partial charge in [0, 0.05) is 35.2 Å². The van der Waals surface area contributed by atoms with Crippen LogP contribution < -0.4 is 0 Å².